The van der Waals surface area contributed by atoms with E-state index in [4.69, 9.17) is 14.2 Å². The van der Waals surface area contributed by atoms with Gasteiger partial charge in [0.15, 0.2) is 6.10 Å². The molecule has 0 rings (SSSR count). The Morgan fingerprint density at radius 2 is 0.456 bits per heavy atom. The first kappa shape index (κ1) is 72.7. The van der Waals surface area contributed by atoms with Gasteiger partial charge in [-0.3, -0.25) is 14.4 Å². The third kappa shape index (κ3) is 62.5. The molecule has 1 unspecified atom stereocenters. The molecule has 0 aromatic rings. The Morgan fingerprint density at radius 3 is 0.709 bits per heavy atom. The van der Waals surface area contributed by atoms with E-state index in [9.17, 15) is 14.4 Å². The van der Waals surface area contributed by atoms with Gasteiger partial charge in [0, 0.05) is 19.3 Å². The normalized spacial score (nSPS) is 13.7. The average molecular weight is 1080 g/mol. The van der Waals surface area contributed by atoms with Crippen LogP contribution >= 0.6 is 0 Å². The third-order valence-electron chi connectivity index (χ3n) is 11.5. The van der Waals surface area contributed by atoms with Crippen molar-refractivity contribution in [3.63, 3.8) is 0 Å². The molecule has 1 atom stereocenters. The second-order valence-electron chi connectivity index (χ2n) is 18.8. The molecule has 0 bridgehead atoms. The first-order valence-electron chi connectivity index (χ1n) is 30.2. The molecular weight excluding hydrogens is 973 g/mol. The fraction of sp³-hybridized carbons (Fsp3) is 0.466. The molecule has 0 radical (unpaired) electrons. The van der Waals surface area contributed by atoms with E-state index in [0.717, 1.165) is 141 Å². The van der Waals surface area contributed by atoms with Crippen molar-refractivity contribution in [1.29, 1.82) is 0 Å². The van der Waals surface area contributed by atoms with Gasteiger partial charge in [-0.05, 0) is 161 Å². The molecular formula is C73H106O6. The maximum absolute atomic E-state index is 12.9. The number of ether oxygens (including phenoxy) is 3. The van der Waals surface area contributed by atoms with E-state index < -0.39 is 12.1 Å². The minimum absolute atomic E-state index is 0.154. The second kappa shape index (κ2) is 64.3. The first-order valence-corrected chi connectivity index (χ1v) is 30.2. The molecule has 0 saturated heterocycles. The van der Waals surface area contributed by atoms with Crippen LogP contribution in [0.3, 0.4) is 0 Å². The summed E-state index contributed by atoms with van der Waals surface area (Å²) in [7, 11) is 0. The zero-order valence-corrected chi connectivity index (χ0v) is 49.5. The van der Waals surface area contributed by atoms with Gasteiger partial charge in [0.05, 0.1) is 0 Å². The number of hydrogen-bond donors (Lipinski definition) is 0. The van der Waals surface area contributed by atoms with Crippen molar-refractivity contribution in [2.75, 3.05) is 13.2 Å². The van der Waals surface area contributed by atoms with Crippen molar-refractivity contribution in [2.45, 2.75) is 207 Å². The van der Waals surface area contributed by atoms with Gasteiger partial charge in [-0.2, -0.15) is 0 Å². The summed E-state index contributed by atoms with van der Waals surface area (Å²) < 4.78 is 16.7. The van der Waals surface area contributed by atoms with Crippen LogP contribution in [0.5, 0.6) is 0 Å². The smallest absolute Gasteiger partial charge is 0.306 e. The second-order valence-corrected chi connectivity index (χ2v) is 18.8. The predicted octanol–water partition coefficient (Wildman–Crippen LogP) is 21.0. The maximum Gasteiger partial charge on any atom is 0.306 e. The molecule has 0 aliphatic carbocycles. The molecule has 6 heteroatoms. The molecule has 0 saturated carbocycles. The molecule has 0 aliphatic heterocycles. The van der Waals surface area contributed by atoms with Crippen LogP contribution in [0.15, 0.2) is 219 Å². The Hall–Kier alpha value is -6.27. The quantitative estimate of drug-likeness (QED) is 0.0261. The summed E-state index contributed by atoms with van der Waals surface area (Å²) in [6, 6.07) is 0. The van der Waals surface area contributed by atoms with Crippen LogP contribution in [0.25, 0.3) is 0 Å². The Morgan fingerprint density at radius 1 is 0.253 bits per heavy atom. The van der Waals surface area contributed by atoms with Crippen LogP contribution in [0, 0.1) is 0 Å². The monoisotopic (exact) mass is 1080 g/mol. The van der Waals surface area contributed by atoms with Crippen LogP contribution < -0.4 is 0 Å². The zero-order chi connectivity index (χ0) is 57.1. The van der Waals surface area contributed by atoms with Crippen molar-refractivity contribution in [3.05, 3.63) is 219 Å². The summed E-state index contributed by atoms with van der Waals surface area (Å²) in [5, 5.41) is 0. The van der Waals surface area contributed by atoms with E-state index >= 15 is 0 Å². The summed E-state index contributed by atoms with van der Waals surface area (Å²) in [6.07, 6.45) is 101. The van der Waals surface area contributed by atoms with Gasteiger partial charge in [0.25, 0.3) is 0 Å². The summed E-state index contributed by atoms with van der Waals surface area (Å²) in [5.41, 5.74) is 0. The minimum Gasteiger partial charge on any atom is -0.462 e. The largest absolute Gasteiger partial charge is 0.462 e. The van der Waals surface area contributed by atoms with Crippen LogP contribution in [-0.2, 0) is 28.6 Å². The van der Waals surface area contributed by atoms with Gasteiger partial charge < -0.3 is 14.2 Å². The molecule has 0 aliphatic rings. The Balaban J connectivity index is 4.61. The van der Waals surface area contributed by atoms with E-state index in [-0.39, 0.29) is 44.4 Å². The van der Waals surface area contributed by atoms with Gasteiger partial charge in [0.2, 0.25) is 0 Å². The molecule has 6 nitrogen and oxygen atoms in total. The van der Waals surface area contributed by atoms with Gasteiger partial charge in [-0.1, -0.05) is 240 Å². The van der Waals surface area contributed by atoms with Crippen molar-refractivity contribution < 1.29 is 28.6 Å². The molecule has 434 valence electrons. The van der Waals surface area contributed by atoms with Gasteiger partial charge in [0.1, 0.15) is 13.2 Å². The van der Waals surface area contributed by atoms with E-state index in [1.54, 1.807) is 0 Å². The van der Waals surface area contributed by atoms with Crippen LogP contribution in [0.1, 0.15) is 201 Å². The van der Waals surface area contributed by atoms with Crippen LogP contribution in [0.4, 0.5) is 0 Å². The van der Waals surface area contributed by atoms with Crippen molar-refractivity contribution in [3.8, 4) is 0 Å². The highest BCUT2D eigenvalue weighted by Gasteiger charge is 2.19. The highest BCUT2D eigenvalue weighted by molar-refractivity contribution is 5.71. The van der Waals surface area contributed by atoms with Crippen LogP contribution in [0.2, 0.25) is 0 Å². The van der Waals surface area contributed by atoms with E-state index in [2.05, 4.69) is 240 Å². The lowest BCUT2D eigenvalue weighted by Crippen LogP contribution is -2.30. The van der Waals surface area contributed by atoms with E-state index in [0.29, 0.717) is 19.3 Å². The lowest BCUT2D eigenvalue weighted by atomic mass is 10.2. The Bertz CT molecular complexity index is 2010. The molecule has 0 N–H and O–H groups in total. The minimum atomic E-state index is -0.864. The molecule has 0 spiro atoms. The number of unbranched alkanes of at least 4 members (excludes halogenated alkanes) is 4. The summed E-state index contributed by atoms with van der Waals surface area (Å²) in [5.74, 6) is -1.13. The van der Waals surface area contributed by atoms with Gasteiger partial charge in [-0.15, -0.1) is 0 Å². The van der Waals surface area contributed by atoms with Crippen molar-refractivity contribution in [1.82, 2.24) is 0 Å². The third-order valence-corrected chi connectivity index (χ3v) is 11.5. The number of esters is 3. The number of carbonyl (C=O) groups excluding carboxylic acids is 3. The van der Waals surface area contributed by atoms with Crippen molar-refractivity contribution in [2.24, 2.45) is 0 Å². The van der Waals surface area contributed by atoms with E-state index in [1.807, 2.05) is 0 Å². The highest BCUT2D eigenvalue weighted by Crippen LogP contribution is 2.09. The van der Waals surface area contributed by atoms with Gasteiger partial charge >= 0.3 is 17.9 Å². The van der Waals surface area contributed by atoms with Crippen molar-refractivity contribution >= 4 is 17.9 Å². The lowest BCUT2D eigenvalue weighted by Gasteiger charge is -2.18. The first-order chi connectivity index (χ1) is 39.0. The summed E-state index contributed by atoms with van der Waals surface area (Å²) in [4.78, 5) is 38.2. The molecule has 0 aromatic carbocycles. The average Bonchev–Trinajstić information content (AvgIpc) is 3.45. The number of rotatable bonds is 51. The number of carbonyl (C=O) groups is 3. The molecule has 0 amide bonds. The summed E-state index contributed by atoms with van der Waals surface area (Å²) >= 11 is 0. The predicted molar refractivity (Wildman–Crippen MR) is 343 cm³/mol. The molecule has 0 heterocycles. The standard InChI is InChI=1S/C73H106O6/c1-4-7-10-13-16-19-22-25-28-30-31-32-33-34-35-36-37-38-39-40-41-43-45-48-51-54-57-60-63-66-72(75)78-69-70(68-77-71(74)65-62-59-56-53-50-47-44-27-24-21-18-15-12-9-6-3)79-73(76)67-64-61-58-55-52-49-46-42-29-26-23-20-17-14-11-8-5-2/h7-12,16-21,25-29,31-32,34-35,37-38,40-41,44-46,48-50,53-55,57-58,70H,4-6,13-15,22-24,30,33,36,39,42-43,47,51-52,56,59-69H2,1-3H3/b10-7-,11-8-,12-9-,19-16-,20-17-,21-18-,28-25-,29-26-,32-31-,35-34-,38-37-,41-40-,44-27-,48-45-,49-46-,53-50-,57-54-,58-55-. The lowest BCUT2D eigenvalue weighted by molar-refractivity contribution is -0.167. The Kier molecular flexibility index (Phi) is 59.2. The van der Waals surface area contributed by atoms with E-state index in [1.165, 1.54) is 0 Å². The Labute approximate surface area is 482 Å². The fourth-order valence-electron chi connectivity index (χ4n) is 7.06. The summed E-state index contributed by atoms with van der Waals surface area (Å²) in [6.45, 7) is 6.13. The fourth-order valence-corrected chi connectivity index (χ4v) is 7.06. The molecule has 0 aromatic heterocycles. The maximum atomic E-state index is 12.9. The molecule has 79 heavy (non-hydrogen) atoms. The van der Waals surface area contributed by atoms with Gasteiger partial charge in [-0.25, -0.2) is 0 Å². The SMILES string of the molecule is CC/C=C\C/C=C\C/C=C\C/C=C\C/C=C\C/C=C\C/C=C\C/C=C\C/C=C\CCCC(=O)OCC(COC(=O)CCCC/C=C\C/C=C\C/C=C\C/C=C\CC)OC(=O)CCC/C=C\C/C=C\C/C=C\C/C=C\C/C=C\CC. The number of hydrogen-bond acceptors (Lipinski definition) is 6. The topological polar surface area (TPSA) is 78.9 Å². The highest BCUT2D eigenvalue weighted by atomic mass is 16.6. The van der Waals surface area contributed by atoms with Crippen LogP contribution in [-0.4, -0.2) is 37.2 Å². The number of allylic oxidation sites excluding steroid dienone is 36. The molecule has 0 fully saturated rings. The zero-order valence-electron chi connectivity index (χ0n) is 49.5.